The van der Waals surface area contributed by atoms with Crippen LogP contribution in [-0.2, 0) is 4.79 Å². The molecule has 1 aromatic rings. The summed E-state index contributed by atoms with van der Waals surface area (Å²) in [4.78, 5) is 13.6. The van der Waals surface area contributed by atoms with Gasteiger partial charge >= 0.3 is 0 Å². The maximum atomic E-state index is 12.7. The molecule has 94 valence electrons. The third-order valence-corrected chi connectivity index (χ3v) is 2.95. The van der Waals surface area contributed by atoms with Crippen LogP contribution in [0.2, 0.25) is 0 Å². The maximum absolute atomic E-state index is 12.7. The van der Waals surface area contributed by atoms with Gasteiger partial charge in [-0.2, -0.15) is 0 Å². The van der Waals surface area contributed by atoms with E-state index in [1.807, 2.05) is 0 Å². The lowest BCUT2D eigenvalue weighted by Crippen LogP contribution is -2.33. The van der Waals surface area contributed by atoms with Gasteiger partial charge in [-0.05, 0) is 37.2 Å². The van der Waals surface area contributed by atoms with Crippen molar-refractivity contribution in [1.82, 2.24) is 5.32 Å². The summed E-state index contributed by atoms with van der Waals surface area (Å²) >= 11 is 0. The molecule has 0 spiro atoms. The van der Waals surface area contributed by atoms with E-state index in [9.17, 15) is 9.18 Å². The highest BCUT2D eigenvalue weighted by Gasteiger charge is 2.25. The second kappa shape index (κ2) is 5.98. The molecule has 1 aliphatic rings. The highest BCUT2D eigenvalue weighted by Crippen LogP contribution is 2.18. The molecule has 1 unspecified atom stereocenters. The van der Waals surface area contributed by atoms with Crippen molar-refractivity contribution in [3.05, 3.63) is 30.1 Å². The molecule has 1 aromatic carbocycles. The lowest BCUT2D eigenvalue weighted by atomic mass is 10.1. The van der Waals surface area contributed by atoms with Gasteiger partial charge in [0.05, 0.1) is 5.92 Å². The molecule has 17 heavy (non-hydrogen) atoms. The number of amides is 1. The van der Waals surface area contributed by atoms with Crippen molar-refractivity contribution in [3.8, 4) is 0 Å². The molecule has 1 saturated heterocycles. The summed E-state index contributed by atoms with van der Waals surface area (Å²) in [6.07, 6.45) is 0.879. The van der Waals surface area contributed by atoms with Crippen molar-refractivity contribution < 1.29 is 9.18 Å². The van der Waals surface area contributed by atoms with Gasteiger partial charge in [0.1, 0.15) is 5.82 Å². The van der Waals surface area contributed by atoms with Crippen molar-refractivity contribution >= 4 is 24.0 Å². The standard InChI is InChI=1S/C12H15FN2O.ClH/c1-15(11-4-2-10(13)3-5-11)12(16)9-6-7-14-8-9;/h2-5,9,14H,6-8H2,1H3;1H. The molecule has 0 saturated carbocycles. The Bertz CT molecular complexity index is 377. The number of anilines is 1. The summed E-state index contributed by atoms with van der Waals surface area (Å²) < 4.78 is 12.7. The van der Waals surface area contributed by atoms with E-state index in [1.54, 1.807) is 24.1 Å². The Kier molecular flexibility index (Phi) is 4.90. The normalized spacial score (nSPS) is 18.6. The summed E-state index contributed by atoms with van der Waals surface area (Å²) in [5.41, 5.74) is 0.735. The lowest BCUT2D eigenvalue weighted by molar-refractivity contribution is -0.121. The van der Waals surface area contributed by atoms with Gasteiger partial charge in [-0.3, -0.25) is 4.79 Å². The third-order valence-electron chi connectivity index (χ3n) is 2.95. The second-order valence-corrected chi connectivity index (χ2v) is 4.06. The van der Waals surface area contributed by atoms with Crippen LogP contribution in [0.4, 0.5) is 10.1 Å². The number of hydrogen-bond acceptors (Lipinski definition) is 2. The molecule has 0 aromatic heterocycles. The van der Waals surface area contributed by atoms with Crippen LogP contribution in [0.15, 0.2) is 24.3 Å². The van der Waals surface area contributed by atoms with Gasteiger partial charge in [-0.25, -0.2) is 4.39 Å². The molecule has 0 bridgehead atoms. The Morgan fingerprint density at radius 2 is 2.06 bits per heavy atom. The SMILES string of the molecule is CN(C(=O)C1CCNC1)c1ccc(F)cc1.Cl. The molecule has 2 rings (SSSR count). The van der Waals surface area contributed by atoms with Gasteiger partial charge in [0, 0.05) is 19.3 Å². The molecule has 3 nitrogen and oxygen atoms in total. The van der Waals surface area contributed by atoms with Crippen LogP contribution in [0.5, 0.6) is 0 Å². The van der Waals surface area contributed by atoms with Crippen molar-refractivity contribution in [3.63, 3.8) is 0 Å². The maximum Gasteiger partial charge on any atom is 0.231 e. The Morgan fingerprint density at radius 3 is 2.59 bits per heavy atom. The number of carbonyl (C=O) groups is 1. The van der Waals surface area contributed by atoms with Gasteiger partial charge in [-0.1, -0.05) is 0 Å². The fraction of sp³-hybridized carbons (Fsp3) is 0.417. The van der Waals surface area contributed by atoms with Crippen LogP contribution in [0.25, 0.3) is 0 Å². The van der Waals surface area contributed by atoms with Gasteiger partial charge in [0.25, 0.3) is 0 Å². The fourth-order valence-electron chi connectivity index (χ4n) is 1.93. The molecule has 1 fully saturated rings. The van der Waals surface area contributed by atoms with Crippen molar-refractivity contribution in [2.24, 2.45) is 5.92 Å². The molecule has 1 aliphatic heterocycles. The van der Waals surface area contributed by atoms with Crippen LogP contribution >= 0.6 is 12.4 Å². The number of benzene rings is 1. The molecule has 1 heterocycles. The van der Waals surface area contributed by atoms with Crippen LogP contribution < -0.4 is 10.2 Å². The van der Waals surface area contributed by atoms with Crippen LogP contribution in [0.3, 0.4) is 0 Å². The zero-order valence-corrected chi connectivity index (χ0v) is 10.5. The first kappa shape index (κ1) is 13.9. The molecule has 0 aliphatic carbocycles. The molecule has 1 N–H and O–H groups in total. The Balaban J connectivity index is 0.00000144. The van der Waals surface area contributed by atoms with E-state index >= 15 is 0 Å². The van der Waals surface area contributed by atoms with Crippen molar-refractivity contribution in [2.45, 2.75) is 6.42 Å². The van der Waals surface area contributed by atoms with E-state index in [0.717, 1.165) is 25.2 Å². The van der Waals surface area contributed by atoms with Gasteiger partial charge in [0.15, 0.2) is 0 Å². The Hall–Kier alpha value is -1.13. The number of halogens is 2. The van der Waals surface area contributed by atoms with Crippen LogP contribution in [-0.4, -0.2) is 26.0 Å². The number of hydrogen-bond donors (Lipinski definition) is 1. The number of carbonyl (C=O) groups excluding carboxylic acids is 1. The summed E-state index contributed by atoms with van der Waals surface area (Å²) in [5.74, 6) is -0.140. The molecule has 0 radical (unpaired) electrons. The van der Waals surface area contributed by atoms with E-state index < -0.39 is 0 Å². The minimum Gasteiger partial charge on any atom is -0.316 e. The summed E-state index contributed by atoms with van der Waals surface area (Å²) in [5, 5.41) is 3.16. The first-order valence-electron chi connectivity index (χ1n) is 5.42. The van der Waals surface area contributed by atoms with E-state index in [2.05, 4.69) is 5.32 Å². The highest BCUT2D eigenvalue weighted by atomic mass is 35.5. The molecule has 1 atom stereocenters. The van der Waals surface area contributed by atoms with Crippen LogP contribution in [0, 0.1) is 11.7 Å². The Morgan fingerprint density at radius 1 is 1.41 bits per heavy atom. The highest BCUT2D eigenvalue weighted by molar-refractivity contribution is 5.94. The lowest BCUT2D eigenvalue weighted by Gasteiger charge is -2.20. The predicted molar refractivity (Wildman–Crippen MR) is 68.0 cm³/mol. The Labute approximate surface area is 106 Å². The van der Waals surface area contributed by atoms with Crippen LogP contribution in [0.1, 0.15) is 6.42 Å². The van der Waals surface area contributed by atoms with Gasteiger partial charge in [0.2, 0.25) is 5.91 Å². The first-order chi connectivity index (χ1) is 7.68. The average Bonchev–Trinajstić information content (AvgIpc) is 2.81. The largest absolute Gasteiger partial charge is 0.316 e. The topological polar surface area (TPSA) is 32.3 Å². The summed E-state index contributed by atoms with van der Waals surface area (Å²) in [6.45, 7) is 1.64. The third kappa shape index (κ3) is 3.17. The smallest absolute Gasteiger partial charge is 0.231 e. The minimum atomic E-state index is -0.285. The quantitative estimate of drug-likeness (QED) is 0.878. The number of rotatable bonds is 2. The zero-order chi connectivity index (χ0) is 11.5. The minimum absolute atomic E-state index is 0. The second-order valence-electron chi connectivity index (χ2n) is 4.06. The van der Waals surface area contributed by atoms with E-state index in [4.69, 9.17) is 0 Å². The van der Waals surface area contributed by atoms with E-state index in [1.165, 1.54) is 12.1 Å². The number of nitrogens with zero attached hydrogens (tertiary/aromatic N) is 1. The fourth-order valence-corrected chi connectivity index (χ4v) is 1.93. The molecule has 5 heteroatoms. The van der Waals surface area contributed by atoms with Gasteiger partial charge < -0.3 is 10.2 Å². The molecular weight excluding hydrogens is 243 g/mol. The summed E-state index contributed by atoms with van der Waals surface area (Å²) in [6, 6.07) is 5.98. The van der Waals surface area contributed by atoms with Crippen molar-refractivity contribution in [1.29, 1.82) is 0 Å². The first-order valence-corrected chi connectivity index (χ1v) is 5.42. The van der Waals surface area contributed by atoms with E-state index in [0.29, 0.717) is 0 Å². The molecular formula is C12H16ClFN2O. The van der Waals surface area contributed by atoms with Crippen molar-refractivity contribution in [2.75, 3.05) is 25.0 Å². The predicted octanol–water partition coefficient (Wildman–Crippen LogP) is 1.82. The van der Waals surface area contributed by atoms with E-state index in [-0.39, 0.29) is 30.0 Å². The zero-order valence-electron chi connectivity index (χ0n) is 9.65. The molecule has 1 amide bonds. The summed E-state index contributed by atoms with van der Waals surface area (Å²) in [7, 11) is 1.73. The monoisotopic (exact) mass is 258 g/mol. The number of nitrogens with one attached hydrogen (secondary N) is 1. The average molecular weight is 259 g/mol. The van der Waals surface area contributed by atoms with Gasteiger partial charge in [-0.15, -0.1) is 12.4 Å².